The Labute approximate surface area is 189 Å². The molecule has 32 heavy (non-hydrogen) atoms. The first kappa shape index (κ1) is 22.1. The van der Waals surface area contributed by atoms with Gasteiger partial charge >= 0.3 is 5.97 Å². The van der Waals surface area contributed by atoms with Crippen molar-refractivity contribution in [2.45, 2.75) is 64.7 Å². The van der Waals surface area contributed by atoms with E-state index in [1.807, 2.05) is 19.1 Å². The second kappa shape index (κ2) is 10.0. The number of aromatic nitrogens is 1. The summed E-state index contributed by atoms with van der Waals surface area (Å²) in [6.07, 6.45) is 6.18. The van der Waals surface area contributed by atoms with Crippen molar-refractivity contribution in [1.29, 1.82) is 0 Å². The maximum absolute atomic E-state index is 11.0. The number of nitrogens with zero attached hydrogens (tertiary/aromatic N) is 1. The van der Waals surface area contributed by atoms with E-state index in [1.165, 1.54) is 24.0 Å². The van der Waals surface area contributed by atoms with Crippen molar-refractivity contribution in [1.82, 2.24) is 4.98 Å². The van der Waals surface area contributed by atoms with Gasteiger partial charge in [0.2, 0.25) is 5.89 Å². The molecule has 2 aromatic carbocycles. The molecule has 0 saturated heterocycles. The molecule has 0 aliphatic heterocycles. The van der Waals surface area contributed by atoms with Gasteiger partial charge in [0.05, 0.1) is 18.7 Å². The second-order valence-corrected chi connectivity index (χ2v) is 8.61. The van der Waals surface area contributed by atoms with E-state index < -0.39 is 5.97 Å². The molecule has 0 saturated carbocycles. The summed E-state index contributed by atoms with van der Waals surface area (Å²) < 4.78 is 11.9. The number of ether oxygens (including phenoxy) is 1. The fourth-order valence-corrected chi connectivity index (χ4v) is 4.44. The average Bonchev–Trinajstić information content (AvgIpc) is 3.35. The molecule has 1 atom stereocenters. The first-order valence-corrected chi connectivity index (χ1v) is 11.6. The van der Waals surface area contributed by atoms with Crippen molar-refractivity contribution in [2.75, 3.05) is 6.61 Å². The lowest BCUT2D eigenvalue weighted by molar-refractivity contribution is -0.137. The topological polar surface area (TPSA) is 72.6 Å². The van der Waals surface area contributed by atoms with Crippen LogP contribution in [0.4, 0.5) is 0 Å². The highest BCUT2D eigenvalue weighted by atomic mass is 16.5. The molecule has 1 aromatic heterocycles. The predicted octanol–water partition coefficient (Wildman–Crippen LogP) is 6.12. The van der Waals surface area contributed by atoms with Crippen molar-refractivity contribution < 1.29 is 19.1 Å². The van der Waals surface area contributed by atoms with Crippen LogP contribution in [0.1, 0.15) is 66.7 Å². The van der Waals surface area contributed by atoms with Crippen LogP contribution in [0, 0.1) is 6.92 Å². The van der Waals surface area contributed by atoms with Crippen LogP contribution in [-0.2, 0) is 24.1 Å². The Balaban J connectivity index is 1.34. The maximum Gasteiger partial charge on any atom is 0.303 e. The van der Waals surface area contributed by atoms with Crippen LogP contribution < -0.4 is 4.74 Å². The zero-order chi connectivity index (χ0) is 22.5. The molecular weight excluding hydrogens is 402 g/mol. The van der Waals surface area contributed by atoms with Crippen LogP contribution in [-0.4, -0.2) is 22.7 Å². The minimum absolute atomic E-state index is 0.119. The van der Waals surface area contributed by atoms with Gasteiger partial charge in [-0.2, -0.15) is 0 Å². The minimum atomic E-state index is -0.738. The molecule has 1 heterocycles. The zero-order valence-electron chi connectivity index (χ0n) is 18.9. The van der Waals surface area contributed by atoms with Crippen molar-refractivity contribution in [3.05, 3.63) is 70.6 Å². The number of unbranched alkanes of at least 4 members (excludes halogenated alkanes) is 1. The van der Waals surface area contributed by atoms with Crippen LogP contribution in [0.2, 0.25) is 0 Å². The number of carboxylic acids is 1. The number of hydrogen-bond donors (Lipinski definition) is 1. The first-order chi connectivity index (χ1) is 15.5. The monoisotopic (exact) mass is 433 g/mol. The van der Waals surface area contributed by atoms with Gasteiger partial charge in [-0.1, -0.05) is 31.5 Å². The maximum atomic E-state index is 11.0. The van der Waals surface area contributed by atoms with Gasteiger partial charge in [0.15, 0.2) is 0 Å². The fraction of sp³-hybridized carbons (Fsp3) is 0.407. The van der Waals surface area contributed by atoms with Crippen LogP contribution in [0.5, 0.6) is 5.75 Å². The molecule has 0 fully saturated rings. The summed E-state index contributed by atoms with van der Waals surface area (Å²) in [4.78, 5) is 15.7. The summed E-state index contributed by atoms with van der Waals surface area (Å²) in [6.45, 7) is 4.66. The first-order valence-electron chi connectivity index (χ1n) is 11.6. The summed E-state index contributed by atoms with van der Waals surface area (Å²) in [6, 6.07) is 14.5. The highest BCUT2D eigenvalue weighted by Gasteiger charge is 2.25. The predicted molar refractivity (Wildman–Crippen MR) is 124 cm³/mol. The van der Waals surface area contributed by atoms with Crippen LogP contribution >= 0.6 is 0 Å². The van der Waals surface area contributed by atoms with Crippen molar-refractivity contribution in [2.24, 2.45) is 0 Å². The smallest absolute Gasteiger partial charge is 0.303 e. The molecule has 0 radical (unpaired) electrons. The van der Waals surface area contributed by atoms with Gasteiger partial charge in [0, 0.05) is 12.0 Å². The third kappa shape index (κ3) is 5.21. The van der Waals surface area contributed by atoms with Crippen molar-refractivity contribution in [3.8, 4) is 17.2 Å². The molecule has 0 spiro atoms. The van der Waals surface area contributed by atoms with Gasteiger partial charge in [0.1, 0.15) is 11.5 Å². The Hall–Kier alpha value is -3.08. The number of fused-ring (bicyclic) bond motifs is 1. The minimum Gasteiger partial charge on any atom is -0.493 e. The van der Waals surface area contributed by atoms with E-state index in [-0.39, 0.29) is 12.3 Å². The summed E-state index contributed by atoms with van der Waals surface area (Å²) >= 11 is 0. The van der Waals surface area contributed by atoms with E-state index in [9.17, 15) is 4.79 Å². The number of aliphatic carboxylic acids is 1. The third-order valence-corrected chi connectivity index (χ3v) is 6.26. The molecule has 168 valence electrons. The van der Waals surface area contributed by atoms with E-state index in [0.29, 0.717) is 18.9 Å². The lowest BCUT2D eigenvalue weighted by Gasteiger charge is -2.10. The molecular formula is C27H31NO4. The van der Waals surface area contributed by atoms with Crippen LogP contribution in [0.3, 0.4) is 0 Å². The molecule has 0 bridgehead atoms. The SMILES string of the molecule is CCCCc1ccc(-c2nc(CCOc3ccc4c(c3)CC[C@@H]4CC(=O)O)c(C)o2)cc1. The largest absolute Gasteiger partial charge is 0.493 e. The molecule has 5 heteroatoms. The van der Waals surface area contributed by atoms with Crippen molar-refractivity contribution in [3.63, 3.8) is 0 Å². The lowest BCUT2D eigenvalue weighted by Crippen LogP contribution is -2.04. The molecule has 1 N–H and O–H groups in total. The summed E-state index contributed by atoms with van der Waals surface area (Å²) in [5, 5.41) is 9.08. The van der Waals surface area contributed by atoms with E-state index in [0.717, 1.165) is 47.6 Å². The van der Waals surface area contributed by atoms with Gasteiger partial charge < -0.3 is 14.3 Å². The number of rotatable bonds is 10. The van der Waals surface area contributed by atoms with E-state index in [4.69, 9.17) is 19.2 Å². The summed E-state index contributed by atoms with van der Waals surface area (Å²) in [5.41, 5.74) is 5.61. The quantitative estimate of drug-likeness (QED) is 0.417. The van der Waals surface area contributed by atoms with E-state index in [2.05, 4.69) is 37.3 Å². The summed E-state index contributed by atoms with van der Waals surface area (Å²) in [5.74, 6) is 1.68. The molecule has 1 aliphatic carbocycles. The Bertz CT molecular complexity index is 1070. The van der Waals surface area contributed by atoms with Crippen LogP contribution in [0.25, 0.3) is 11.5 Å². The van der Waals surface area contributed by atoms with E-state index >= 15 is 0 Å². The number of carboxylic acid groups (broad SMARTS) is 1. The Kier molecular flexibility index (Phi) is 6.93. The third-order valence-electron chi connectivity index (χ3n) is 6.26. The van der Waals surface area contributed by atoms with Gasteiger partial charge in [-0.15, -0.1) is 0 Å². The number of hydrogen-bond acceptors (Lipinski definition) is 4. The molecule has 4 rings (SSSR count). The van der Waals surface area contributed by atoms with Gasteiger partial charge in [-0.05, 0) is 79.5 Å². The van der Waals surface area contributed by atoms with Gasteiger partial charge in [0.25, 0.3) is 0 Å². The molecule has 5 nitrogen and oxygen atoms in total. The Morgan fingerprint density at radius 2 is 2.00 bits per heavy atom. The zero-order valence-corrected chi connectivity index (χ0v) is 18.9. The number of aryl methyl sites for hydroxylation is 3. The Morgan fingerprint density at radius 3 is 2.75 bits per heavy atom. The molecule has 3 aromatic rings. The number of carbonyl (C=O) groups is 1. The number of benzene rings is 2. The standard InChI is InChI=1S/C27H31NO4/c1-3-4-5-19-6-8-20(9-7-19)27-28-25(18(2)32-27)14-15-31-23-12-13-24-21(16-23)10-11-22(24)17-26(29)30/h6-9,12-13,16,22H,3-5,10-11,14-15,17H2,1-2H3,(H,29,30)/t22-/m1/s1. The van der Waals surface area contributed by atoms with Gasteiger partial charge in [-0.3, -0.25) is 4.79 Å². The highest BCUT2D eigenvalue weighted by molar-refractivity contribution is 5.68. The van der Waals surface area contributed by atoms with Crippen LogP contribution in [0.15, 0.2) is 46.9 Å². The van der Waals surface area contributed by atoms with Gasteiger partial charge in [-0.25, -0.2) is 4.98 Å². The highest BCUT2D eigenvalue weighted by Crippen LogP contribution is 2.37. The van der Waals surface area contributed by atoms with Crippen molar-refractivity contribution >= 4 is 5.97 Å². The number of oxazole rings is 1. The summed E-state index contributed by atoms with van der Waals surface area (Å²) in [7, 11) is 0. The average molecular weight is 434 g/mol. The molecule has 0 amide bonds. The normalized spacial score (nSPS) is 15.0. The second-order valence-electron chi connectivity index (χ2n) is 8.61. The Morgan fingerprint density at radius 1 is 1.19 bits per heavy atom. The lowest BCUT2D eigenvalue weighted by atomic mass is 9.98. The molecule has 1 aliphatic rings. The van der Waals surface area contributed by atoms with E-state index in [1.54, 1.807) is 0 Å². The molecule has 0 unspecified atom stereocenters. The fourth-order valence-electron chi connectivity index (χ4n) is 4.44.